The predicted molar refractivity (Wildman–Crippen MR) is 81.9 cm³/mol. The van der Waals surface area contributed by atoms with Gasteiger partial charge in [-0.15, -0.1) is 5.10 Å². The first-order valence-corrected chi connectivity index (χ1v) is 8.29. The van der Waals surface area contributed by atoms with Crippen LogP contribution in [0.3, 0.4) is 0 Å². The highest BCUT2D eigenvalue weighted by Crippen LogP contribution is 2.39. The summed E-state index contributed by atoms with van der Waals surface area (Å²) >= 11 is 6.86. The van der Waals surface area contributed by atoms with Crippen LogP contribution in [-0.2, 0) is 11.0 Å². The summed E-state index contributed by atoms with van der Waals surface area (Å²) in [7, 11) is 0. The quantitative estimate of drug-likeness (QED) is 0.808. The maximum absolute atomic E-state index is 13.0. The van der Waals surface area contributed by atoms with Crippen LogP contribution in [0.2, 0.25) is 5.02 Å². The van der Waals surface area contributed by atoms with Crippen molar-refractivity contribution in [3.8, 4) is 0 Å². The Morgan fingerprint density at radius 3 is 2.83 bits per heavy atom. The Hall–Kier alpha value is -1.81. The zero-order chi connectivity index (χ0) is 17.3. The SMILES string of the molecule is O=C(CSc1nnnn1C1CC1)Nc1c(Cl)cccc1C(F)(F)F. The highest BCUT2D eigenvalue weighted by atomic mass is 35.5. The third-order valence-electron chi connectivity index (χ3n) is 3.27. The molecule has 2 aromatic rings. The summed E-state index contributed by atoms with van der Waals surface area (Å²) in [6.45, 7) is 0. The van der Waals surface area contributed by atoms with Gasteiger partial charge in [-0.25, -0.2) is 4.68 Å². The number of thioether (sulfide) groups is 1. The van der Waals surface area contributed by atoms with E-state index in [-0.39, 0.29) is 16.8 Å². The number of benzene rings is 1. The third-order valence-corrected chi connectivity index (χ3v) is 4.52. The van der Waals surface area contributed by atoms with E-state index in [9.17, 15) is 18.0 Å². The number of hydrogen-bond acceptors (Lipinski definition) is 5. The molecule has 1 heterocycles. The normalized spacial score (nSPS) is 14.7. The van der Waals surface area contributed by atoms with Gasteiger partial charge < -0.3 is 5.32 Å². The van der Waals surface area contributed by atoms with Crippen LogP contribution in [0.5, 0.6) is 0 Å². The number of nitrogens with zero attached hydrogens (tertiary/aromatic N) is 4. The van der Waals surface area contributed by atoms with E-state index < -0.39 is 23.3 Å². The molecule has 1 fully saturated rings. The van der Waals surface area contributed by atoms with E-state index in [1.165, 1.54) is 12.1 Å². The first-order valence-electron chi connectivity index (χ1n) is 6.92. The number of amides is 1. The first-order chi connectivity index (χ1) is 11.4. The fraction of sp³-hybridized carbons (Fsp3) is 0.385. The molecule has 1 saturated carbocycles. The van der Waals surface area contributed by atoms with E-state index in [2.05, 4.69) is 20.8 Å². The number of carbonyl (C=O) groups is 1. The summed E-state index contributed by atoms with van der Waals surface area (Å²) in [5.41, 5.74) is -1.43. The number of tetrazole rings is 1. The number of anilines is 1. The van der Waals surface area contributed by atoms with E-state index >= 15 is 0 Å². The summed E-state index contributed by atoms with van der Waals surface area (Å²) < 4.78 is 40.6. The summed E-state index contributed by atoms with van der Waals surface area (Å²) in [6.07, 6.45) is -2.67. The molecule has 1 aliphatic rings. The van der Waals surface area contributed by atoms with Crippen LogP contribution >= 0.6 is 23.4 Å². The molecule has 1 amide bonds. The van der Waals surface area contributed by atoms with Crippen molar-refractivity contribution in [2.75, 3.05) is 11.1 Å². The minimum atomic E-state index is -4.61. The van der Waals surface area contributed by atoms with Crippen molar-refractivity contribution >= 4 is 35.0 Å². The molecule has 0 saturated heterocycles. The van der Waals surface area contributed by atoms with Crippen LogP contribution < -0.4 is 5.32 Å². The number of carbonyl (C=O) groups excluding carboxylic acids is 1. The molecule has 0 spiro atoms. The highest BCUT2D eigenvalue weighted by molar-refractivity contribution is 7.99. The number of rotatable bonds is 5. The molecule has 1 aromatic heterocycles. The van der Waals surface area contributed by atoms with Gasteiger partial charge in [0.2, 0.25) is 11.1 Å². The molecule has 3 rings (SSSR count). The Balaban J connectivity index is 1.68. The van der Waals surface area contributed by atoms with Gasteiger partial charge in [0, 0.05) is 0 Å². The lowest BCUT2D eigenvalue weighted by atomic mass is 10.1. The average molecular weight is 378 g/mol. The van der Waals surface area contributed by atoms with Gasteiger partial charge in [0.25, 0.3) is 0 Å². The second kappa shape index (κ2) is 6.60. The first kappa shape index (κ1) is 17.0. The van der Waals surface area contributed by atoms with Crippen molar-refractivity contribution in [2.45, 2.75) is 30.2 Å². The fourth-order valence-electron chi connectivity index (χ4n) is 2.02. The van der Waals surface area contributed by atoms with Crippen LogP contribution in [0.15, 0.2) is 23.4 Å². The van der Waals surface area contributed by atoms with Gasteiger partial charge in [-0.3, -0.25) is 4.79 Å². The van der Waals surface area contributed by atoms with Crippen LogP contribution in [0, 0.1) is 0 Å². The largest absolute Gasteiger partial charge is 0.418 e. The third kappa shape index (κ3) is 3.81. The molecular weight excluding hydrogens is 367 g/mol. The molecular formula is C13H11ClF3N5OS. The Kier molecular flexibility index (Phi) is 4.68. The van der Waals surface area contributed by atoms with Gasteiger partial charge >= 0.3 is 6.18 Å². The molecule has 0 aliphatic heterocycles. The van der Waals surface area contributed by atoms with Crippen molar-refractivity contribution in [1.29, 1.82) is 0 Å². The molecule has 0 atom stereocenters. The van der Waals surface area contributed by atoms with Crippen molar-refractivity contribution in [3.05, 3.63) is 28.8 Å². The van der Waals surface area contributed by atoms with Gasteiger partial charge in [0.05, 0.1) is 28.1 Å². The van der Waals surface area contributed by atoms with Gasteiger partial charge in [0.15, 0.2) is 0 Å². The van der Waals surface area contributed by atoms with Crippen LogP contribution in [0.25, 0.3) is 0 Å². The average Bonchev–Trinajstić information content (AvgIpc) is 3.24. The molecule has 24 heavy (non-hydrogen) atoms. The Labute approximate surface area is 143 Å². The number of para-hydroxylation sites is 1. The Morgan fingerprint density at radius 2 is 2.17 bits per heavy atom. The molecule has 1 N–H and O–H groups in total. The maximum atomic E-state index is 13.0. The van der Waals surface area contributed by atoms with Crippen molar-refractivity contribution < 1.29 is 18.0 Å². The fourth-order valence-corrected chi connectivity index (χ4v) is 2.99. The van der Waals surface area contributed by atoms with Crippen LogP contribution in [-0.4, -0.2) is 31.9 Å². The molecule has 6 nitrogen and oxygen atoms in total. The predicted octanol–water partition coefficient (Wildman–Crippen LogP) is 3.41. The second-order valence-electron chi connectivity index (χ2n) is 5.13. The van der Waals surface area contributed by atoms with E-state index in [1.54, 1.807) is 4.68 Å². The zero-order valence-corrected chi connectivity index (χ0v) is 13.6. The monoisotopic (exact) mass is 377 g/mol. The van der Waals surface area contributed by atoms with E-state index in [4.69, 9.17) is 11.6 Å². The minimum absolute atomic E-state index is 0.129. The minimum Gasteiger partial charge on any atom is -0.324 e. The summed E-state index contributed by atoms with van der Waals surface area (Å²) in [5.74, 6) is -0.751. The van der Waals surface area contributed by atoms with Crippen molar-refractivity contribution in [3.63, 3.8) is 0 Å². The van der Waals surface area contributed by atoms with E-state index in [0.29, 0.717) is 5.16 Å². The standard InChI is InChI=1S/C13H11ClF3N5OS/c14-9-3-1-2-8(13(15,16)17)11(9)18-10(23)6-24-12-19-20-21-22(12)7-4-5-7/h1-3,7H,4-6H2,(H,18,23). The summed E-state index contributed by atoms with van der Waals surface area (Å²) in [6, 6.07) is 3.57. The van der Waals surface area contributed by atoms with Gasteiger partial charge in [-0.05, 0) is 35.4 Å². The van der Waals surface area contributed by atoms with Gasteiger partial charge in [-0.1, -0.05) is 29.4 Å². The molecule has 1 aromatic carbocycles. The number of nitrogens with one attached hydrogen (secondary N) is 1. The second-order valence-corrected chi connectivity index (χ2v) is 6.48. The van der Waals surface area contributed by atoms with E-state index in [1.807, 2.05) is 0 Å². The molecule has 128 valence electrons. The smallest absolute Gasteiger partial charge is 0.324 e. The zero-order valence-electron chi connectivity index (χ0n) is 12.0. The lowest BCUT2D eigenvalue weighted by Crippen LogP contribution is -2.19. The van der Waals surface area contributed by atoms with Crippen molar-refractivity contribution in [2.24, 2.45) is 0 Å². The molecule has 0 bridgehead atoms. The molecule has 0 radical (unpaired) electrons. The molecule has 1 aliphatic carbocycles. The van der Waals surface area contributed by atoms with Crippen LogP contribution in [0.4, 0.5) is 18.9 Å². The highest BCUT2D eigenvalue weighted by Gasteiger charge is 2.35. The number of halogens is 4. The lowest BCUT2D eigenvalue weighted by molar-refractivity contribution is -0.137. The molecule has 0 unspecified atom stereocenters. The van der Waals surface area contributed by atoms with Gasteiger partial charge in [-0.2, -0.15) is 13.2 Å². The number of hydrogen-bond donors (Lipinski definition) is 1. The number of aromatic nitrogens is 4. The Bertz CT molecular complexity index is 762. The van der Waals surface area contributed by atoms with Crippen LogP contribution in [0.1, 0.15) is 24.4 Å². The molecule has 11 heteroatoms. The maximum Gasteiger partial charge on any atom is 0.418 e. The topological polar surface area (TPSA) is 72.7 Å². The summed E-state index contributed by atoms with van der Waals surface area (Å²) in [5, 5.41) is 13.7. The lowest BCUT2D eigenvalue weighted by Gasteiger charge is -2.15. The number of alkyl halides is 3. The Morgan fingerprint density at radius 1 is 1.42 bits per heavy atom. The van der Waals surface area contributed by atoms with Gasteiger partial charge in [0.1, 0.15) is 0 Å². The van der Waals surface area contributed by atoms with Crippen molar-refractivity contribution in [1.82, 2.24) is 20.2 Å². The van der Waals surface area contributed by atoms with E-state index in [0.717, 1.165) is 30.7 Å². The summed E-state index contributed by atoms with van der Waals surface area (Å²) in [4.78, 5) is 12.0.